The molecule has 280 valence electrons. The minimum Gasteiger partial charge on any atom is -0.481 e. The molecule has 4 rings (SSSR count). The fraction of sp³-hybridized carbons (Fsp3) is 0.846. The molecule has 1 heterocycles. The summed E-state index contributed by atoms with van der Waals surface area (Å²) in [5.74, 6) is -1.45. The average Bonchev–Trinajstić information content (AvgIpc) is 3.39. The Labute approximate surface area is 293 Å². The van der Waals surface area contributed by atoms with Crippen LogP contribution >= 0.6 is 0 Å². The zero-order valence-corrected chi connectivity index (χ0v) is 31.1. The Balaban J connectivity index is 1.84. The molecule has 14 atom stereocenters. The number of ether oxygens (including phenoxy) is 3. The lowest BCUT2D eigenvalue weighted by Crippen LogP contribution is -2.66. The number of hydrogen-bond acceptors (Lipinski definition) is 9. The summed E-state index contributed by atoms with van der Waals surface area (Å²) in [5.41, 5.74) is 0.0712. The molecule has 3 aliphatic carbocycles. The van der Waals surface area contributed by atoms with Gasteiger partial charge in [-0.1, -0.05) is 58.9 Å². The number of aliphatic hydroxyl groups excluding tert-OH is 3. The molecule has 10 nitrogen and oxygen atoms in total. The average molecular weight is 693 g/mol. The van der Waals surface area contributed by atoms with E-state index in [1.54, 1.807) is 0 Å². The first-order valence-electron chi connectivity index (χ1n) is 18.4. The molecule has 0 unspecified atom stereocenters. The summed E-state index contributed by atoms with van der Waals surface area (Å²) in [7, 11) is 0. The van der Waals surface area contributed by atoms with Gasteiger partial charge in [-0.3, -0.25) is 9.59 Å². The summed E-state index contributed by atoms with van der Waals surface area (Å²) >= 11 is 0. The molecule has 1 saturated heterocycles. The van der Waals surface area contributed by atoms with Crippen molar-refractivity contribution < 1.29 is 49.3 Å². The maximum atomic E-state index is 12.3. The lowest BCUT2D eigenvalue weighted by atomic mass is 9.37. The topological polar surface area (TPSA) is 163 Å². The number of carboxylic acid groups (broad SMARTS) is 1. The van der Waals surface area contributed by atoms with Gasteiger partial charge in [0.15, 0.2) is 12.4 Å². The smallest absolute Gasteiger partial charge is 0.303 e. The largest absolute Gasteiger partial charge is 0.481 e. The Morgan fingerprint density at radius 2 is 1.65 bits per heavy atom. The number of aliphatic carboxylic acids is 1. The highest BCUT2D eigenvalue weighted by atomic mass is 16.7. The normalized spacial score (nSPS) is 43.3. The van der Waals surface area contributed by atoms with Gasteiger partial charge in [0.2, 0.25) is 0 Å². The summed E-state index contributed by atoms with van der Waals surface area (Å²) in [6.07, 6.45) is -1.76. The highest BCUT2D eigenvalue weighted by Gasteiger charge is 2.70. The number of carbonyl (C=O) groups is 2. The van der Waals surface area contributed by atoms with Gasteiger partial charge in [-0.05, 0) is 111 Å². The van der Waals surface area contributed by atoms with Crippen molar-refractivity contribution in [2.75, 3.05) is 6.61 Å². The minimum absolute atomic E-state index is 0.00499. The fourth-order valence-corrected chi connectivity index (χ4v) is 11.0. The number of esters is 1. The summed E-state index contributed by atoms with van der Waals surface area (Å²) in [5, 5.41) is 54.0. The van der Waals surface area contributed by atoms with Gasteiger partial charge >= 0.3 is 11.9 Å². The van der Waals surface area contributed by atoms with Crippen LogP contribution in [0.1, 0.15) is 113 Å². The lowest BCUT2D eigenvalue weighted by molar-refractivity contribution is -0.334. The summed E-state index contributed by atoms with van der Waals surface area (Å²) in [4.78, 5) is 24.2. The Morgan fingerprint density at radius 1 is 1.02 bits per heavy atom. The third kappa shape index (κ3) is 7.29. The molecule has 49 heavy (non-hydrogen) atoms. The van der Waals surface area contributed by atoms with Crippen LogP contribution in [0.2, 0.25) is 0 Å². The van der Waals surface area contributed by atoms with E-state index in [1.165, 1.54) is 6.92 Å². The van der Waals surface area contributed by atoms with Gasteiger partial charge < -0.3 is 39.7 Å². The van der Waals surface area contributed by atoms with E-state index < -0.39 is 66.4 Å². The number of fused-ring (bicyclic) bond motifs is 3. The van der Waals surface area contributed by atoms with Gasteiger partial charge in [-0.2, -0.15) is 0 Å². The van der Waals surface area contributed by atoms with Gasteiger partial charge in [0.05, 0.1) is 18.3 Å². The van der Waals surface area contributed by atoms with Crippen LogP contribution in [0.5, 0.6) is 0 Å². The Morgan fingerprint density at radius 3 is 2.20 bits per heavy atom. The molecule has 0 aromatic carbocycles. The monoisotopic (exact) mass is 692 g/mol. The Kier molecular flexibility index (Phi) is 12.0. The van der Waals surface area contributed by atoms with Gasteiger partial charge in [0.1, 0.15) is 18.3 Å². The lowest BCUT2D eigenvalue weighted by Gasteiger charge is -2.68. The second-order valence-electron chi connectivity index (χ2n) is 17.3. The minimum atomic E-state index is -1.56. The van der Waals surface area contributed by atoms with E-state index in [9.17, 15) is 35.1 Å². The van der Waals surface area contributed by atoms with Gasteiger partial charge in [-0.25, -0.2) is 0 Å². The summed E-state index contributed by atoms with van der Waals surface area (Å²) in [6.45, 7) is 24.3. The molecule has 10 heteroatoms. The molecule has 4 aliphatic rings. The molecule has 1 aliphatic heterocycles. The van der Waals surface area contributed by atoms with Crippen LogP contribution in [-0.4, -0.2) is 86.5 Å². The molecule has 4 fully saturated rings. The summed E-state index contributed by atoms with van der Waals surface area (Å²) < 4.78 is 18.5. The van der Waals surface area contributed by atoms with Crippen LogP contribution < -0.4 is 0 Å². The molecule has 0 aromatic heterocycles. The number of carboxylic acids is 1. The number of aliphatic hydroxyl groups is 4. The highest BCUT2D eigenvalue weighted by molar-refractivity contribution is 5.67. The van der Waals surface area contributed by atoms with Crippen molar-refractivity contribution in [2.24, 2.45) is 45.8 Å². The predicted octanol–water partition coefficient (Wildman–Crippen LogP) is 5.40. The predicted molar refractivity (Wildman–Crippen MR) is 185 cm³/mol. The molecule has 0 aromatic rings. The Bertz CT molecular complexity index is 1250. The number of carbonyl (C=O) groups excluding carboxylic acids is 1. The van der Waals surface area contributed by atoms with Crippen LogP contribution in [0, 0.1) is 45.8 Å². The summed E-state index contributed by atoms with van der Waals surface area (Å²) in [6, 6.07) is 0. The first-order chi connectivity index (χ1) is 22.6. The molecule has 0 bridgehead atoms. The number of hydrogen-bond donors (Lipinski definition) is 5. The van der Waals surface area contributed by atoms with Gasteiger partial charge in [0, 0.05) is 13.3 Å². The van der Waals surface area contributed by atoms with Crippen LogP contribution in [-0.2, 0) is 23.8 Å². The Hall–Kier alpha value is -1.82. The molecule has 0 radical (unpaired) electrons. The van der Waals surface area contributed by atoms with E-state index in [4.69, 9.17) is 14.2 Å². The zero-order valence-electron chi connectivity index (χ0n) is 31.1. The molecular weight excluding hydrogens is 628 g/mol. The van der Waals surface area contributed by atoms with Crippen molar-refractivity contribution in [3.8, 4) is 0 Å². The van der Waals surface area contributed by atoms with Crippen LogP contribution in [0.3, 0.4) is 0 Å². The first-order valence-corrected chi connectivity index (χ1v) is 18.4. The molecule has 0 amide bonds. The van der Waals surface area contributed by atoms with Gasteiger partial charge in [-0.15, -0.1) is 0 Å². The highest BCUT2D eigenvalue weighted by Crippen LogP contribution is 2.74. The van der Waals surface area contributed by atoms with Crippen LogP contribution in [0.4, 0.5) is 0 Å². The zero-order chi connectivity index (χ0) is 36.9. The number of allylic oxidation sites excluding steroid dienone is 2. The molecule has 0 spiro atoms. The van der Waals surface area contributed by atoms with Crippen molar-refractivity contribution in [3.05, 3.63) is 24.3 Å². The SMILES string of the molecule is C=C(CC[C@](C)(O)[C@H]1CC[C@]2(C)[C@@H]1[C@H](O[C@@H]1O[C@H](CO)[C@@H](O)[C@H](O)[C@H]1OC(C)=O)C[C@@H]1[C@@](C)(CCC(=O)O)[C@H](C(=C)C)CC[C@]12C)C(C)C. The van der Waals surface area contributed by atoms with Crippen molar-refractivity contribution in [2.45, 2.75) is 156 Å². The van der Waals surface area contributed by atoms with Crippen molar-refractivity contribution in [1.82, 2.24) is 0 Å². The van der Waals surface area contributed by atoms with E-state index in [0.717, 1.165) is 36.8 Å². The van der Waals surface area contributed by atoms with E-state index in [2.05, 4.69) is 47.8 Å². The third-order valence-electron chi connectivity index (χ3n) is 14.1. The quantitative estimate of drug-likeness (QED) is 0.0960. The fourth-order valence-electron chi connectivity index (χ4n) is 11.0. The van der Waals surface area contributed by atoms with Crippen LogP contribution in [0.25, 0.3) is 0 Å². The molecule has 5 N–H and O–H groups in total. The maximum absolute atomic E-state index is 12.3. The molecular formula is C39H64O10. The van der Waals surface area contributed by atoms with E-state index in [1.807, 2.05) is 13.8 Å². The van der Waals surface area contributed by atoms with Crippen molar-refractivity contribution >= 4 is 11.9 Å². The molecule has 3 saturated carbocycles. The van der Waals surface area contributed by atoms with Crippen LogP contribution in [0.15, 0.2) is 24.3 Å². The maximum Gasteiger partial charge on any atom is 0.303 e. The van der Waals surface area contributed by atoms with Crippen molar-refractivity contribution in [1.29, 1.82) is 0 Å². The number of rotatable bonds is 13. The van der Waals surface area contributed by atoms with E-state index in [-0.39, 0.29) is 40.9 Å². The second-order valence-corrected chi connectivity index (χ2v) is 17.3. The van der Waals surface area contributed by atoms with Crippen molar-refractivity contribution in [3.63, 3.8) is 0 Å². The standard InChI is InChI=1S/C39H64O10/c1-21(2)23(5)11-18-39(10,46)26-13-17-38(9)31(26)27(48-35-34(47-24(6)41)33(45)32(44)28(20-40)49-35)19-29-36(7,15-14-30(42)43)25(22(3)4)12-16-37(29,38)8/h21,25-29,31-35,40,44-46H,3,5,11-20H2,1-2,4,6-10H3,(H,42,43)/t25-,26-,27+,28+,29+,31-,32+,33-,34+,35+,36-,37+,38+,39-/m0/s1. The van der Waals surface area contributed by atoms with E-state index >= 15 is 0 Å². The van der Waals surface area contributed by atoms with E-state index in [0.29, 0.717) is 31.6 Å². The second kappa shape index (κ2) is 14.7. The van der Waals surface area contributed by atoms with Gasteiger partial charge in [0.25, 0.3) is 0 Å². The first kappa shape index (κ1) is 40.0. The third-order valence-corrected chi connectivity index (χ3v) is 14.1.